The minimum atomic E-state index is -0.773. The number of halogens is 1. The molecule has 8 heteroatoms. The van der Waals surface area contributed by atoms with Gasteiger partial charge in [0, 0.05) is 0 Å². The maximum Gasteiger partial charge on any atom is 0.321 e. The first-order valence-electron chi connectivity index (χ1n) is 6.63. The molecule has 0 bridgehead atoms. The molecule has 3 rings (SSSR count). The Hall–Kier alpha value is -0.0000000000000000694. The summed E-state index contributed by atoms with van der Waals surface area (Å²) >= 11 is 2.05. The van der Waals surface area contributed by atoms with Crippen LogP contribution >= 0.6 is 22.6 Å². The molecule has 6 atom stereocenters. The Morgan fingerprint density at radius 2 is 2.00 bits per heavy atom. The third-order valence-electron chi connectivity index (χ3n) is 3.58. The molecule has 6 unspecified atom stereocenters. The van der Waals surface area contributed by atoms with Gasteiger partial charge in [0.15, 0.2) is 6.10 Å². The number of alkyl halides is 1. The lowest BCUT2D eigenvalue weighted by molar-refractivity contribution is -0.314. The smallest absolute Gasteiger partial charge is 0.321 e. The zero-order valence-corrected chi connectivity index (χ0v) is 13.2. The van der Waals surface area contributed by atoms with Crippen LogP contribution in [-0.2, 0) is 33.2 Å². The maximum atomic E-state index is 11.9. The molecule has 3 aliphatic rings. The molecular formula is C12H17IO7. The van der Waals surface area contributed by atoms with Crippen LogP contribution in [0.5, 0.6) is 0 Å². The van der Waals surface area contributed by atoms with E-state index in [0.717, 1.165) is 0 Å². The van der Waals surface area contributed by atoms with Crippen LogP contribution in [0.1, 0.15) is 13.3 Å². The predicted octanol–water partition coefficient (Wildman–Crippen LogP) is 0.582. The second kappa shape index (κ2) is 6.41. The highest BCUT2D eigenvalue weighted by molar-refractivity contribution is 14.1. The Balaban J connectivity index is 1.69. The van der Waals surface area contributed by atoms with E-state index >= 15 is 0 Å². The molecule has 114 valence electrons. The van der Waals surface area contributed by atoms with E-state index in [4.69, 9.17) is 28.4 Å². The second-order valence-electron chi connectivity index (χ2n) is 4.86. The summed E-state index contributed by atoms with van der Waals surface area (Å²) in [5.41, 5.74) is 0. The fraction of sp³-hybridized carbons (Fsp3) is 0.917. The van der Waals surface area contributed by atoms with Gasteiger partial charge in [-0.3, -0.25) is 4.79 Å². The third kappa shape index (κ3) is 2.81. The molecule has 0 aromatic rings. The Kier molecular flexibility index (Phi) is 4.78. The van der Waals surface area contributed by atoms with Crippen LogP contribution in [0.4, 0.5) is 0 Å². The number of esters is 1. The molecule has 0 aromatic carbocycles. The van der Waals surface area contributed by atoms with E-state index in [1.807, 2.05) is 6.92 Å². The number of hydrogen-bond acceptors (Lipinski definition) is 7. The van der Waals surface area contributed by atoms with Gasteiger partial charge in [-0.15, -0.1) is 0 Å². The standard InChI is InChI=1S/C12H17IO7/c1-2-6(13)11(14)20-12-10-9(17-5-18-10)8-7(19-12)3-15-4-16-8/h6-10,12H,2-5H2,1H3. The van der Waals surface area contributed by atoms with E-state index in [-0.39, 0.29) is 41.8 Å². The lowest BCUT2D eigenvalue weighted by Gasteiger charge is -2.43. The van der Waals surface area contributed by atoms with Gasteiger partial charge >= 0.3 is 5.97 Å². The van der Waals surface area contributed by atoms with Crippen LogP contribution in [0, 0.1) is 0 Å². The Bertz CT molecular complexity index is 366. The summed E-state index contributed by atoms with van der Waals surface area (Å²) in [5, 5.41) is 0. The van der Waals surface area contributed by atoms with Gasteiger partial charge in [-0.25, -0.2) is 0 Å². The normalized spacial score (nSPS) is 41.6. The van der Waals surface area contributed by atoms with Gasteiger partial charge in [0.25, 0.3) is 0 Å². The average molecular weight is 400 g/mol. The molecule has 20 heavy (non-hydrogen) atoms. The van der Waals surface area contributed by atoms with Crippen LogP contribution in [0.25, 0.3) is 0 Å². The molecule has 3 aliphatic heterocycles. The molecule has 0 radical (unpaired) electrons. The highest BCUT2D eigenvalue weighted by Gasteiger charge is 2.53. The number of carbonyl (C=O) groups excluding carboxylic acids is 1. The predicted molar refractivity (Wildman–Crippen MR) is 73.2 cm³/mol. The number of carbonyl (C=O) groups is 1. The SMILES string of the molecule is CCC(I)C(=O)OC1OC2COCOC2C2OCOC12. The lowest BCUT2D eigenvalue weighted by Crippen LogP contribution is -2.61. The molecule has 0 N–H and O–H groups in total. The van der Waals surface area contributed by atoms with Crippen molar-refractivity contribution in [2.24, 2.45) is 0 Å². The fourth-order valence-electron chi connectivity index (χ4n) is 2.52. The molecule has 0 aliphatic carbocycles. The first kappa shape index (κ1) is 14.9. The van der Waals surface area contributed by atoms with Crippen molar-refractivity contribution < 1.29 is 33.2 Å². The van der Waals surface area contributed by atoms with Gasteiger partial charge in [-0.05, 0) is 6.42 Å². The summed E-state index contributed by atoms with van der Waals surface area (Å²) in [4.78, 5) is 11.9. The van der Waals surface area contributed by atoms with Gasteiger partial charge in [0.2, 0.25) is 6.29 Å². The van der Waals surface area contributed by atoms with E-state index in [0.29, 0.717) is 13.0 Å². The van der Waals surface area contributed by atoms with Gasteiger partial charge in [0.1, 0.15) is 35.8 Å². The van der Waals surface area contributed by atoms with Crippen LogP contribution in [0.3, 0.4) is 0 Å². The molecule has 0 aromatic heterocycles. The van der Waals surface area contributed by atoms with Crippen molar-refractivity contribution in [3.8, 4) is 0 Å². The van der Waals surface area contributed by atoms with E-state index in [2.05, 4.69) is 22.6 Å². The molecule has 3 fully saturated rings. The first-order chi connectivity index (χ1) is 9.70. The summed E-state index contributed by atoms with van der Waals surface area (Å²) in [6, 6.07) is 0. The van der Waals surface area contributed by atoms with Crippen molar-refractivity contribution in [1.29, 1.82) is 0 Å². The minimum absolute atomic E-state index is 0.154. The van der Waals surface area contributed by atoms with Crippen molar-refractivity contribution >= 4 is 28.6 Å². The zero-order valence-electron chi connectivity index (χ0n) is 11.0. The first-order valence-corrected chi connectivity index (χ1v) is 7.88. The Labute approximate surface area is 130 Å². The molecule has 0 amide bonds. The van der Waals surface area contributed by atoms with Crippen molar-refractivity contribution in [1.82, 2.24) is 0 Å². The van der Waals surface area contributed by atoms with Crippen molar-refractivity contribution in [2.75, 3.05) is 20.2 Å². The number of fused-ring (bicyclic) bond motifs is 3. The molecule has 0 spiro atoms. The van der Waals surface area contributed by atoms with Crippen molar-refractivity contribution in [3.05, 3.63) is 0 Å². The lowest BCUT2D eigenvalue weighted by atomic mass is 9.98. The zero-order chi connectivity index (χ0) is 14.1. The summed E-state index contributed by atoms with van der Waals surface area (Å²) in [5.74, 6) is -0.302. The highest BCUT2D eigenvalue weighted by Crippen LogP contribution is 2.34. The van der Waals surface area contributed by atoms with Crippen molar-refractivity contribution in [3.63, 3.8) is 0 Å². The summed E-state index contributed by atoms with van der Waals surface area (Å²) in [6.45, 7) is 2.69. The van der Waals surface area contributed by atoms with E-state index < -0.39 is 12.4 Å². The largest absolute Gasteiger partial charge is 0.432 e. The quantitative estimate of drug-likeness (QED) is 0.390. The minimum Gasteiger partial charge on any atom is -0.432 e. The number of ether oxygens (including phenoxy) is 6. The van der Waals surface area contributed by atoms with Crippen LogP contribution in [0.15, 0.2) is 0 Å². The summed E-state index contributed by atoms with van der Waals surface area (Å²) in [7, 11) is 0. The molecule has 3 heterocycles. The molecule has 7 nitrogen and oxygen atoms in total. The Morgan fingerprint density at radius 3 is 2.80 bits per heavy atom. The molecule has 0 saturated carbocycles. The van der Waals surface area contributed by atoms with E-state index in [1.165, 1.54) is 0 Å². The van der Waals surface area contributed by atoms with Gasteiger partial charge in [0.05, 0.1) is 6.61 Å². The molecular weight excluding hydrogens is 383 g/mol. The monoisotopic (exact) mass is 400 g/mol. The van der Waals surface area contributed by atoms with Crippen LogP contribution in [0.2, 0.25) is 0 Å². The van der Waals surface area contributed by atoms with E-state index in [9.17, 15) is 4.79 Å². The average Bonchev–Trinajstić information content (AvgIpc) is 2.96. The van der Waals surface area contributed by atoms with Gasteiger partial charge in [-0.2, -0.15) is 0 Å². The highest BCUT2D eigenvalue weighted by atomic mass is 127. The van der Waals surface area contributed by atoms with Crippen LogP contribution in [-0.4, -0.2) is 60.8 Å². The Morgan fingerprint density at radius 1 is 1.25 bits per heavy atom. The maximum absolute atomic E-state index is 11.9. The number of rotatable bonds is 3. The van der Waals surface area contributed by atoms with Gasteiger partial charge < -0.3 is 28.4 Å². The topological polar surface area (TPSA) is 72.5 Å². The summed E-state index contributed by atoms with van der Waals surface area (Å²) < 4.78 is 32.8. The number of hydrogen-bond donors (Lipinski definition) is 0. The third-order valence-corrected chi connectivity index (χ3v) is 4.97. The summed E-state index contributed by atoms with van der Waals surface area (Å²) in [6.07, 6.45) is -1.35. The fourth-order valence-corrected chi connectivity index (χ4v) is 2.66. The van der Waals surface area contributed by atoms with E-state index in [1.54, 1.807) is 0 Å². The molecule has 3 saturated heterocycles. The van der Waals surface area contributed by atoms with Crippen LogP contribution < -0.4 is 0 Å². The van der Waals surface area contributed by atoms with Gasteiger partial charge in [-0.1, -0.05) is 29.5 Å². The van der Waals surface area contributed by atoms with Crippen molar-refractivity contribution in [2.45, 2.75) is 48.0 Å². The second-order valence-corrected chi connectivity index (χ2v) is 6.36.